The minimum Gasteiger partial charge on any atom is -0.478 e. The summed E-state index contributed by atoms with van der Waals surface area (Å²) in [5.74, 6) is -0.931. The van der Waals surface area contributed by atoms with E-state index < -0.39 is 5.97 Å². The third kappa shape index (κ3) is 2.48. The number of nitrogens with zero attached hydrogens (tertiary/aromatic N) is 1. The fraction of sp³-hybridized carbons (Fsp3) is 0.188. The van der Waals surface area contributed by atoms with Crippen LogP contribution in [0.4, 0.5) is 5.69 Å². The van der Waals surface area contributed by atoms with Gasteiger partial charge in [0.2, 0.25) is 0 Å². The summed E-state index contributed by atoms with van der Waals surface area (Å²) in [6, 6.07) is 12.5. The average Bonchev–Trinajstić information content (AvgIpc) is 2.42. The topological polar surface area (TPSA) is 49.8 Å². The van der Waals surface area contributed by atoms with Crippen molar-refractivity contribution < 1.29 is 14.7 Å². The van der Waals surface area contributed by atoms with Crippen LogP contribution in [0.1, 0.15) is 27.5 Å². The van der Waals surface area contributed by atoms with Crippen molar-refractivity contribution in [3.05, 3.63) is 64.2 Å². The lowest BCUT2D eigenvalue weighted by molar-refractivity contribution is -0.0263. The number of carboxylic acid groups (broad SMARTS) is 1. The SMILES string of the molecule is Cc1ccc(N2OCC2c2ccccc2C(=O)O)cc1Cl. The van der Waals surface area contributed by atoms with Crippen LogP contribution in [0.2, 0.25) is 5.02 Å². The minimum atomic E-state index is -0.931. The van der Waals surface area contributed by atoms with Crippen LogP contribution in [0, 0.1) is 6.92 Å². The first-order chi connectivity index (χ1) is 10.1. The highest BCUT2D eigenvalue weighted by Gasteiger charge is 2.34. The highest BCUT2D eigenvalue weighted by Crippen LogP contribution is 2.37. The fourth-order valence-electron chi connectivity index (χ4n) is 2.40. The number of hydrogen-bond donors (Lipinski definition) is 1. The molecule has 0 radical (unpaired) electrons. The molecule has 0 saturated carbocycles. The van der Waals surface area contributed by atoms with Gasteiger partial charge < -0.3 is 5.11 Å². The lowest BCUT2D eigenvalue weighted by atomic mass is 9.98. The lowest BCUT2D eigenvalue weighted by Crippen LogP contribution is -2.44. The molecule has 1 saturated heterocycles. The number of benzene rings is 2. The summed E-state index contributed by atoms with van der Waals surface area (Å²) >= 11 is 6.14. The summed E-state index contributed by atoms with van der Waals surface area (Å²) in [6.45, 7) is 2.38. The maximum Gasteiger partial charge on any atom is 0.336 e. The Bertz CT molecular complexity index is 702. The van der Waals surface area contributed by atoms with Gasteiger partial charge in [-0.05, 0) is 36.2 Å². The smallest absolute Gasteiger partial charge is 0.336 e. The molecule has 0 spiro atoms. The second-order valence-electron chi connectivity index (χ2n) is 4.96. The van der Waals surface area contributed by atoms with E-state index in [0.717, 1.165) is 16.8 Å². The molecule has 1 fully saturated rings. The second-order valence-corrected chi connectivity index (χ2v) is 5.37. The summed E-state index contributed by atoms with van der Waals surface area (Å²) in [4.78, 5) is 16.8. The van der Waals surface area contributed by atoms with Crippen LogP contribution in [0.15, 0.2) is 42.5 Å². The molecule has 5 heteroatoms. The number of anilines is 1. The van der Waals surface area contributed by atoms with Gasteiger partial charge in [0.05, 0.1) is 11.3 Å². The number of hydrogen-bond acceptors (Lipinski definition) is 3. The van der Waals surface area contributed by atoms with Crippen molar-refractivity contribution in [1.82, 2.24) is 0 Å². The molecule has 2 aromatic carbocycles. The molecule has 1 heterocycles. The quantitative estimate of drug-likeness (QED) is 0.936. The van der Waals surface area contributed by atoms with Gasteiger partial charge in [-0.1, -0.05) is 35.9 Å². The minimum absolute atomic E-state index is 0.115. The Morgan fingerprint density at radius 3 is 2.71 bits per heavy atom. The molecular weight excluding hydrogens is 290 g/mol. The van der Waals surface area contributed by atoms with Gasteiger partial charge in [0, 0.05) is 5.02 Å². The third-order valence-corrected chi connectivity index (χ3v) is 4.02. The molecule has 0 amide bonds. The normalized spacial score (nSPS) is 17.4. The van der Waals surface area contributed by atoms with Gasteiger partial charge in [-0.15, -0.1) is 0 Å². The van der Waals surface area contributed by atoms with Gasteiger partial charge in [0.25, 0.3) is 0 Å². The first-order valence-corrected chi connectivity index (χ1v) is 6.96. The Morgan fingerprint density at radius 1 is 1.33 bits per heavy atom. The van der Waals surface area contributed by atoms with Crippen molar-refractivity contribution in [1.29, 1.82) is 0 Å². The lowest BCUT2D eigenvalue weighted by Gasteiger charge is -2.42. The van der Waals surface area contributed by atoms with Crippen molar-refractivity contribution in [2.45, 2.75) is 13.0 Å². The zero-order chi connectivity index (χ0) is 15.0. The van der Waals surface area contributed by atoms with E-state index >= 15 is 0 Å². The molecule has 1 aliphatic heterocycles. The number of hydroxylamine groups is 1. The van der Waals surface area contributed by atoms with Crippen LogP contribution in [0.5, 0.6) is 0 Å². The molecule has 1 N–H and O–H groups in total. The number of halogens is 1. The molecule has 0 bridgehead atoms. The Kier molecular flexibility index (Phi) is 3.57. The molecular formula is C16H14ClNO3. The zero-order valence-corrected chi connectivity index (χ0v) is 12.2. The Morgan fingerprint density at radius 2 is 2.10 bits per heavy atom. The zero-order valence-electron chi connectivity index (χ0n) is 11.4. The summed E-state index contributed by atoms with van der Waals surface area (Å²) in [6.07, 6.45) is 0. The highest BCUT2D eigenvalue weighted by molar-refractivity contribution is 6.31. The van der Waals surface area contributed by atoms with Gasteiger partial charge in [0.15, 0.2) is 0 Å². The van der Waals surface area contributed by atoms with E-state index in [-0.39, 0.29) is 6.04 Å². The number of rotatable bonds is 3. The standard InChI is InChI=1S/C16H14ClNO3/c1-10-6-7-11(8-14(10)17)18-15(9-21-18)12-4-2-3-5-13(12)16(19)20/h2-8,15H,9H2,1H3,(H,19,20). The van der Waals surface area contributed by atoms with E-state index in [4.69, 9.17) is 16.4 Å². The number of carbonyl (C=O) groups is 1. The largest absolute Gasteiger partial charge is 0.478 e. The van der Waals surface area contributed by atoms with Crippen LogP contribution >= 0.6 is 11.6 Å². The van der Waals surface area contributed by atoms with E-state index in [0.29, 0.717) is 17.2 Å². The average molecular weight is 304 g/mol. The Labute approximate surface area is 127 Å². The van der Waals surface area contributed by atoms with E-state index in [9.17, 15) is 9.90 Å². The monoisotopic (exact) mass is 303 g/mol. The van der Waals surface area contributed by atoms with Gasteiger partial charge >= 0.3 is 5.97 Å². The maximum absolute atomic E-state index is 11.3. The fourth-order valence-corrected chi connectivity index (χ4v) is 2.57. The molecule has 1 unspecified atom stereocenters. The van der Waals surface area contributed by atoms with E-state index in [1.165, 1.54) is 0 Å². The first-order valence-electron chi connectivity index (χ1n) is 6.58. The van der Waals surface area contributed by atoms with Gasteiger partial charge in [0.1, 0.15) is 12.6 Å². The number of aryl methyl sites for hydroxylation is 1. The van der Waals surface area contributed by atoms with E-state index in [1.807, 2.05) is 37.3 Å². The van der Waals surface area contributed by atoms with Crippen molar-refractivity contribution >= 4 is 23.3 Å². The van der Waals surface area contributed by atoms with Crippen molar-refractivity contribution in [3.63, 3.8) is 0 Å². The molecule has 108 valence electrons. The predicted molar refractivity (Wildman–Crippen MR) is 80.8 cm³/mol. The molecule has 1 atom stereocenters. The number of carboxylic acids is 1. The molecule has 0 aromatic heterocycles. The van der Waals surface area contributed by atoms with Crippen molar-refractivity contribution in [2.24, 2.45) is 0 Å². The molecule has 1 aliphatic rings. The van der Waals surface area contributed by atoms with Crippen LogP contribution in [0.3, 0.4) is 0 Å². The number of aromatic carboxylic acids is 1. The van der Waals surface area contributed by atoms with Gasteiger partial charge in [-0.2, -0.15) is 0 Å². The van der Waals surface area contributed by atoms with Gasteiger partial charge in [-0.25, -0.2) is 9.86 Å². The molecule has 2 aromatic rings. The highest BCUT2D eigenvalue weighted by atomic mass is 35.5. The van der Waals surface area contributed by atoms with Crippen LogP contribution in [0.25, 0.3) is 0 Å². The van der Waals surface area contributed by atoms with E-state index in [1.54, 1.807) is 17.2 Å². The summed E-state index contributed by atoms with van der Waals surface area (Å²) < 4.78 is 0. The second kappa shape index (κ2) is 5.39. The van der Waals surface area contributed by atoms with Crippen LogP contribution < -0.4 is 5.06 Å². The third-order valence-electron chi connectivity index (χ3n) is 3.61. The van der Waals surface area contributed by atoms with Crippen LogP contribution in [-0.4, -0.2) is 17.7 Å². The van der Waals surface area contributed by atoms with Crippen molar-refractivity contribution in [3.8, 4) is 0 Å². The molecule has 4 nitrogen and oxygen atoms in total. The Hall–Kier alpha value is -2.04. The summed E-state index contributed by atoms with van der Waals surface area (Å²) in [7, 11) is 0. The summed E-state index contributed by atoms with van der Waals surface area (Å²) in [5, 5.41) is 11.7. The maximum atomic E-state index is 11.3. The predicted octanol–water partition coefficient (Wildman–Crippen LogP) is 3.84. The summed E-state index contributed by atoms with van der Waals surface area (Å²) in [5.41, 5.74) is 2.85. The molecule has 0 aliphatic carbocycles. The molecule has 21 heavy (non-hydrogen) atoms. The van der Waals surface area contributed by atoms with Gasteiger partial charge in [-0.3, -0.25) is 4.84 Å². The van der Waals surface area contributed by atoms with Crippen molar-refractivity contribution in [2.75, 3.05) is 11.7 Å². The Balaban J connectivity index is 1.94. The molecule has 3 rings (SSSR count). The van der Waals surface area contributed by atoms with Crippen LogP contribution in [-0.2, 0) is 4.84 Å². The van der Waals surface area contributed by atoms with E-state index in [2.05, 4.69) is 0 Å². The first kappa shape index (κ1) is 13.9.